The molecule has 0 saturated carbocycles. The van der Waals surface area contributed by atoms with Crippen LogP contribution in [-0.2, 0) is 13.0 Å². The lowest BCUT2D eigenvalue weighted by atomic mass is 10.1. The molecule has 0 N–H and O–H groups in total. The van der Waals surface area contributed by atoms with Crippen molar-refractivity contribution in [2.24, 2.45) is 0 Å². The van der Waals surface area contributed by atoms with E-state index in [0.29, 0.717) is 0 Å². The quantitative estimate of drug-likeness (QED) is 0.645. The van der Waals surface area contributed by atoms with Crippen molar-refractivity contribution in [1.29, 1.82) is 0 Å². The van der Waals surface area contributed by atoms with E-state index in [4.69, 9.17) is 9.72 Å². The van der Waals surface area contributed by atoms with Crippen molar-refractivity contribution in [2.45, 2.75) is 32.7 Å². The Morgan fingerprint density at radius 1 is 1.04 bits per heavy atom. The van der Waals surface area contributed by atoms with Crippen LogP contribution >= 0.6 is 12.4 Å². The van der Waals surface area contributed by atoms with E-state index < -0.39 is 0 Å². The largest absolute Gasteiger partial charge is 0.497 e. The van der Waals surface area contributed by atoms with E-state index in [1.54, 1.807) is 7.11 Å². The van der Waals surface area contributed by atoms with E-state index in [0.717, 1.165) is 30.1 Å². The maximum atomic E-state index is 5.22. The Balaban J connectivity index is 0.00000192. The third-order valence-electron chi connectivity index (χ3n) is 3.99. The fourth-order valence-electron chi connectivity index (χ4n) is 2.75. The van der Waals surface area contributed by atoms with Crippen LogP contribution in [0.25, 0.3) is 11.0 Å². The van der Waals surface area contributed by atoms with Crippen molar-refractivity contribution in [1.82, 2.24) is 9.55 Å². The van der Waals surface area contributed by atoms with Crippen molar-refractivity contribution < 1.29 is 4.74 Å². The molecule has 23 heavy (non-hydrogen) atoms. The van der Waals surface area contributed by atoms with Crippen molar-refractivity contribution in [3.05, 3.63) is 59.9 Å². The first-order valence-corrected chi connectivity index (χ1v) is 7.89. The average molecular weight is 331 g/mol. The summed E-state index contributed by atoms with van der Waals surface area (Å²) in [6.45, 7) is 3.25. The SMILES string of the molecule is CCCCn1c(Cc2ccc(OC)cc2)nc2ccccc21.Cl. The second-order valence-electron chi connectivity index (χ2n) is 5.55. The molecular formula is C19H23ClN2O. The number of hydrogen-bond donors (Lipinski definition) is 0. The maximum absolute atomic E-state index is 5.22. The third-order valence-corrected chi connectivity index (χ3v) is 3.99. The minimum absolute atomic E-state index is 0. The molecule has 1 heterocycles. The lowest BCUT2D eigenvalue weighted by molar-refractivity contribution is 0.414. The van der Waals surface area contributed by atoms with Gasteiger partial charge in [-0.2, -0.15) is 0 Å². The number of hydrogen-bond acceptors (Lipinski definition) is 2. The molecule has 0 amide bonds. The number of aryl methyl sites for hydroxylation is 1. The van der Waals surface area contributed by atoms with Crippen LogP contribution in [0.1, 0.15) is 31.2 Å². The van der Waals surface area contributed by atoms with Crippen molar-refractivity contribution in [3.63, 3.8) is 0 Å². The molecule has 0 bridgehead atoms. The lowest BCUT2D eigenvalue weighted by Crippen LogP contribution is -2.04. The summed E-state index contributed by atoms with van der Waals surface area (Å²) in [4.78, 5) is 4.84. The lowest BCUT2D eigenvalue weighted by Gasteiger charge is -2.09. The predicted octanol–water partition coefficient (Wildman–Crippen LogP) is 4.86. The Morgan fingerprint density at radius 3 is 2.48 bits per heavy atom. The number of halogens is 1. The Labute approximate surface area is 143 Å². The standard InChI is InChI=1S/C19H22N2O.ClH/c1-3-4-13-21-18-8-6-5-7-17(18)20-19(21)14-15-9-11-16(22-2)12-10-15;/h5-12H,3-4,13-14H2,1-2H3;1H. The number of nitrogens with zero attached hydrogens (tertiary/aromatic N) is 2. The van der Waals surface area contributed by atoms with Gasteiger partial charge in [0.1, 0.15) is 11.6 Å². The fraction of sp³-hybridized carbons (Fsp3) is 0.316. The number of para-hydroxylation sites is 2. The molecule has 0 radical (unpaired) electrons. The Kier molecular flexibility index (Phi) is 6.05. The number of methoxy groups -OCH3 is 1. The van der Waals surface area contributed by atoms with Gasteiger partial charge >= 0.3 is 0 Å². The Bertz CT molecular complexity index is 750. The summed E-state index contributed by atoms with van der Waals surface area (Å²) in [7, 11) is 1.69. The smallest absolute Gasteiger partial charge is 0.118 e. The fourth-order valence-corrected chi connectivity index (χ4v) is 2.75. The van der Waals surface area contributed by atoms with Gasteiger partial charge in [-0.25, -0.2) is 4.98 Å². The van der Waals surface area contributed by atoms with Crippen LogP contribution in [-0.4, -0.2) is 16.7 Å². The summed E-state index contributed by atoms with van der Waals surface area (Å²) in [5.41, 5.74) is 3.58. The molecule has 0 atom stereocenters. The molecule has 0 saturated heterocycles. The molecule has 2 aromatic carbocycles. The van der Waals surface area contributed by atoms with Crippen LogP contribution in [0.15, 0.2) is 48.5 Å². The molecule has 3 rings (SSSR count). The van der Waals surface area contributed by atoms with Gasteiger partial charge in [-0.05, 0) is 36.2 Å². The van der Waals surface area contributed by atoms with Crippen LogP contribution in [0.4, 0.5) is 0 Å². The number of imidazole rings is 1. The van der Waals surface area contributed by atoms with Gasteiger partial charge in [-0.1, -0.05) is 37.6 Å². The normalized spacial score (nSPS) is 10.5. The number of unbranched alkanes of at least 4 members (excludes halogenated alkanes) is 1. The highest BCUT2D eigenvalue weighted by atomic mass is 35.5. The molecule has 3 aromatic rings. The molecule has 3 nitrogen and oxygen atoms in total. The van der Waals surface area contributed by atoms with Gasteiger partial charge in [0.05, 0.1) is 18.1 Å². The van der Waals surface area contributed by atoms with Gasteiger partial charge in [0.25, 0.3) is 0 Å². The molecule has 0 fully saturated rings. The molecular weight excluding hydrogens is 308 g/mol. The van der Waals surface area contributed by atoms with E-state index in [1.165, 1.54) is 23.9 Å². The molecule has 0 aliphatic heterocycles. The topological polar surface area (TPSA) is 27.1 Å². The van der Waals surface area contributed by atoms with Crippen LogP contribution in [0.5, 0.6) is 5.75 Å². The van der Waals surface area contributed by atoms with Gasteiger partial charge in [-0.3, -0.25) is 0 Å². The summed E-state index contributed by atoms with van der Waals surface area (Å²) < 4.78 is 7.59. The van der Waals surface area contributed by atoms with Gasteiger partial charge in [0.2, 0.25) is 0 Å². The first kappa shape index (κ1) is 17.4. The second kappa shape index (κ2) is 8.02. The number of aromatic nitrogens is 2. The number of fused-ring (bicyclic) bond motifs is 1. The van der Waals surface area contributed by atoms with Gasteiger partial charge in [0, 0.05) is 13.0 Å². The molecule has 1 aromatic heterocycles. The molecule has 122 valence electrons. The van der Waals surface area contributed by atoms with Gasteiger partial charge in [0.15, 0.2) is 0 Å². The third kappa shape index (κ3) is 3.85. The molecule has 0 aliphatic rings. The Hall–Kier alpha value is -2.00. The molecule has 4 heteroatoms. The zero-order valence-electron chi connectivity index (χ0n) is 13.7. The first-order valence-electron chi connectivity index (χ1n) is 7.89. The summed E-state index contributed by atoms with van der Waals surface area (Å²) >= 11 is 0. The summed E-state index contributed by atoms with van der Waals surface area (Å²) in [5.74, 6) is 2.03. The highest BCUT2D eigenvalue weighted by Crippen LogP contribution is 2.20. The van der Waals surface area contributed by atoms with Crippen molar-refractivity contribution in [3.8, 4) is 5.75 Å². The summed E-state index contributed by atoms with van der Waals surface area (Å²) in [5, 5.41) is 0. The minimum Gasteiger partial charge on any atom is -0.497 e. The zero-order chi connectivity index (χ0) is 15.4. The minimum atomic E-state index is 0. The average Bonchev–Trinajstić information content (AvgIpc) is 2.91. The summed E-state index contributed by atoms with van der Waals surface area (Å²) in [6.07, 6.45) is 3.22. The van der Waals surface area contributed by atoms with E-state index >= 15 is 0 Å². The highest BCUT2D eigenvalue weighted by molar-refractivity contribution is 5.85. The maximum Gasteiger partial charge on any atom is 0.118 e. The van der Waals surface area contributed by atoms with E-state index in [2.05, 4.69) is 47.9 Å². The number of benzene rings is 2. The van der Waals surface area contributed by atoms with Crippen LogP contribution in [0.2, 0.25) is 0 Å². The predicted molar refractivity (Wildman–Crippen MR) is 97.7 cm³/mol. The van der Waals surface area contributed by atoms with Gasteiger partial charge < -0.3 is 9.30 Å². The van der Waals surface area contributed by atoms with Gasteiger partial charge in [-0.15, -0.1) is 12.4 Å². The Morgan fingerprint density at radius 2 is 1.78 bits per heavy atom. The van der Waals surface area contributed by atoms with Crippen LogP contribution in [0.3, 0.4) is 0 Å². The van der Waals surface area contributed by atoms with E-state index in [-0.39, 0.29) is 12.4 Å². The number of ether oxygens (including phenoxy) is 1. The zero-order valence-corrected chi connectivity index (χ0v) is 14.5. The van der Waals surface area contributed by atoms with E-state index in [9.17, 15) is 0 Å². The van der Waals surface area contributed by atoms with Crippen molar-refractivity contribution >= 4 is 23.4 Å². The molecule has 0 aliphatic carbocycles. The van der Waals surface area contributed by atoms with E-state index in [1.807, 2.05) is 12.1 Å². The van der Waals surface area contributed by atoms with Crippen LogP contribution in [0, 0.1) is 0 Å². The first-order chi connectivity index (χ1) is 10.8. The summed E-state index contributed by atoms with van der Waals surface area (Å²) in [6, 6.07) is 16.6. The second-order valence-corrected chi connectivity index (χ2v) is 5.55. The number of rotatable bonds is 6. The molecule has 0 unspecified atom stereocenters. The highest BCUT2D eigenvalue weighted by Gasteiger charge is 2.10. The van der Waals surface area contributed by atoms with Crippen LogP contribution < -0.4 is 4.74 Å². The molecule has 0 spiro atoms. The van der Waals surface area contributed by atoms with Crippen molar-refractivity contribution in [2.75, 3.05) is 7.11 Å². The monoisotopic (exact) mass is 330 g/mol.